The van der Waals surface area contributed by atoms with Gasteiger partial charge in [-0.25, -0.2) is 0 Å². The summed E-state index contributed by atoms with van der Waals surface area (Å²) in [6.45, 7) is 0. The molecule has 1 fully saturated rings. The van der Waals surface area contributed by atoms with Crippen LogP contribution in [0, 0.1) is 0 Å². The number of carbonyl (C=O) groups excluding carboxylic acids is 4. The predicted molar refractivity (Wildman–Crippen MR) is 107 cm³/mol. The average molecular weight is 389 g/mol. The molecular formula is C22H19N3O4. The van der Waals surface area contributed by atoms with Crippen molar-refractivity contribution in [2.75, 3.05) is 12.4 Å². The molecule has 0 radical (unpaired) electrons. The summed E-state index contributed by atoms with van der Waals surface area (Å²) in [4.78, 5) is 49.1. The van der Waals surface area contributed by atoms with Crippen LogP contribution < -0.4 is 10.6 Å². The van der Waals surface area contributed by atoms with E-state index in [1.54, 1.807) is 36.4 Å². The molecule has 0 spiro atoms. The van der Waals surface area contributed by atoms with Crippen LogP contribution in [0.5, 0.6) is 0 Å². The van der Waals surface area contributed by atoms with Gasteiger partial charge in [0, 0.05) is 30.4 Å². The topological polar surface area (TPSA) is 95.6 Å². The van der Waals surface area contributed by atoms with Crippen LogP contribution in [0.25, 0.3) is 6.08 Å². The Morgan fingerprint density at radius 1 is 1.00 bits per heavy atom. The van der Waals surface area contributed by atoms with Gasteiger partial charge in [-0.1, -0.05) is 12.1 Å². The van der Waals surface area contributed by atoms with Crippen molar-refractivity contribution >= 4 is 35.4 Å². The van der Waals surface area contributed by atoms with Gasteiger partial charge < -0.3 is 10.6 Å². The predicted octanol–water partition coefficient (Wildman–Crippen LogP) is 2.46. The maximum absolute atomic E-state index is 12.2. The third-order valence-corrected chi connectivity index (χ3v) is 4.87. The summed E-state index contributed by atoms with van der Waals surface area (Å²) in [6.07, 6.45) is 5.07. The van der Waals surface area contributed by atoms with Crippen LogP contribution in [0.1, 0.15) is 49.5 Å². The number of amides is 4. The summed E-state index contributed by atoms with van der Waals surface area (Å²) in [7, 11) is 1.42. The van der Waals surface area contributed by atoms with E-state index in [1.807, 2.05) is 0 Å². The SMILES string of the molecule is CN1C(=O)c2ccc(NC(=O)/C=C/c3ccc(C(=O)NC4CC4)cc3)cc2C1=O. The van der Waals surface area contributed by atoms with Gasteiger partial charge in [-0.15, -0.1) is 0 Å². The quantitative estimate of drug-likeness (QED) is 0.607. The van der Waals surface area contributed by atoms with Crippen molar-refractivity contribution in [3.05, 3.63) is 70.8 Å². The Morgan fingerprint density at radius 2 is 1.69 bits per heavy atom. The number of nitrogens with zero attached hydrogens (tertiary/aromatic N) is 1. The van der Waals surface area contributed by atoms with Gasteiger partial charge in [0.05, 0.1) is 11.1 Å². The lowest BCUT2D eigenvalue weighted by Crippen LogP contribution is -2.25. The summed E-state index contributed by atoms with van der Waals surface area (Å²) in [6, 6.07) is 11.9. The number of carbonyl (C=O) groups is 4. The molecule has 1 saturated carbocycles. The van der Waals surface area contributed by atoms with Crippen molar-refractivity contribution < 1.29 is 19.2 Å². The number of benzene rings is 2. The fraction of sp³-hybridized carbons (Fsp3) is 0.182. The van der Waals surface area contributed by atoms with Gasteiger partial charge in [0.2, 0.25) is 5.91 Å². The van der Waals surface area contributed by atoms with Crippen molar-refractivity contribution in [3.63, 3.8) is 0 Å². The molecule has 0 bridgehead atoms. The monoisotopic (exact) mass is 389 g/mol. The van der Waals surface area contributed by atoms with E-state index in [4.69, 9.17) is 0 Å². The van der Waals surface area contributed by atoms with E-state index in [-0.39, 0.29) is 29.2 Å². The number of hydrogen-bond acceptors (Lipinski definition) is 4. The molecule has 1 heterocycles. The normalized spacial score (nSPS) is 15.6. The Morgan fingerprint density at radius 3 is 2.38 bits per heavy atom. The standard InChI is InChI=1S/C22H19N3O4/c1-25-21(28)17-10-9-16(12-18(17)22(25)29)23-19(26)11-4-13-2-5-14(6-3-13)20(27)24-15-7-8-15/h2-6,9-12,15H,7-8H2,1H3,(H,23,26)(H,24,27)/b11-4+. The molecule has 29 heavy (non-hydrogen) atoms. The van der Waals surface area contributed by atoms with E-state index < -0.39 is 0 Å². The Kier molecular flexibility index (Phi) is 4.72. The van der Waals surface area contributed by atoms with Gasteiger partial charge in [-0.05, 0) is 54.8 Å². The van der Waals surface area contributed by atoms with Crippen molar-refractivity contribution in [1.29, 1.82) is 0 Å². The van der Waals surface area contributed by atoms with Crippen molar-refractivity contribution in [3.8, 4) is 0 Å². The zero-order valence-corrected chi connectivity index (χ0v) is 15.8. The Bertz CT molecular complexity index is 1050. The molecule has 1 aliphatic carbocycles. The highest BCUT2D eigenvalue weighted by molar-refractivity contribution is 6.21. The van der Waals surface area contributed by atoms with Crippen LogP contribution in [0.15, 0.2) is 48.5 Å². The van der Waals surface area contributed by atoms with Crippen LogP contribution in [0.2, 0.25) is 0 Å². The number of fused-ring (bicyclic) bond motifs is 1. The highest BCUT2D eigenvalue weighted by Crippen LogP contribution is 2.24. The lowest BCUT2D eigenvalue weighted by Gasteiger charge is -2.04. The molecule has 146 valence electrons. The molecule has 2 aromatic rings. The molecule has 2 aliphatic rings. The van der Waals surface area contributed by atoms with E-state index in [9.17, 15) is 19.2 Å². The van der Waals surface area contributed by atoms with Gasteiger partial charge >= 0.3 is 0 Å². The minimum Gasteiger partial charge on any atom is -0.349 e. The molecule has 2 N–H and O–H groups in total. The third-order valence-electron chi connectivity index (χ3n) is 4.87. The highest BCUT2D eigenvalue weighted by Gasteiger charge is 2.32. The van der Waals surface area contributed by atoms with E-state index >= 15 is 0 Å². The zero-order chi connectivity index (χ0) is 20.5. The molecule has 0 aromatic heterocycles. The van der Waals surface area contributed by atoms with Gasteiger partial charge in [-0.2, -0.15) is 0 Å². The molecular weight excluding hydrogens is 370 g/mol. The first-order chi connectivity index (χ1) is 13.9. The summed E-state index contributed by atoms with van der Waals surface area (Å²) in [5, 5.41) is 5.60. The number of nitrogens with one attached hydrogen (secondary N) is 2. The Balaban J connectivity index is 1.38. The molecule has 0 atom stereocenters. The van der Waals surface area contributed by atoms with Crippen LogP contribution in [-0.2, 0) is 4.79 Å². The number of rotatable bonds is 5. The van der Waals surface area contributed by atoms with Crippen LogP contribution in [0.3, 0.4) is 0 Å². The molecule has 2 aromatic carbocycles. The van der Waals surface area contributed by atoms with E-state index in [0.29, 0.717) is 22.9 Å². The van der Waals surface area contributed by atoms with Gasteiger partial charge in [-0.3, -0.25) is 24.1 Å². The Labute approximate surface area is 167 Å². The maximum Gasteiger partial charge on any atom is 0.261 e. The smallest absolute Gasteiger partial charge is 0.261 e. The van der Waals surface area contributed by atoms with Crippen molar-refractivity contribution in [2.24, 2.45) is 0 Å². The van der Waals surface area contributed by atoms with E-state index in [0.717, 1.165) is 23.3 Å². The van der Waals surface area contributed by atoms with E-state index in [1.165, 1.54) is 25.3 Å². The maximum atomic E-state index is 12.2. The Hall–Kier alpha value is -3.74. The van der Waals surface area contributed by atoms with Crippen LogP contribution >= 0.6 is 0 Å². The zero-order valence-electron chi connectivity index (χ0n) is 15.8. The minimum absolute atomic E-state index is 0.0870. The van der Waals surface area contributed by atoms with Crippen molar-refractivity contribution in [2.45, 2.75) is 18.9 Å². The van der Waals surface area contributed by atoms with E-state index in [2.05, 4.69) is 10.6 Å². The largest absolute Gasteiger partial charge is 0.349 e. The number of hydrogen-bond donors (Lipinski definition) is 2. The van der Waals surface area contributed by atoms with Gasteiger partial charge in [0.25, 0.3) is 17.7 Å². The molecule has 4 rings (SSSR count). The summed E-state index contributed by atoms with van der Waals surface area (Å²) < 4.78 is 0. The molecule has 4 amide bonds. The summed E-state index contributed by atoms with van der Waals surface area (Å²) >= 11 is 0. The number of anilines is 1. The molecule has 0 unspecified atom stereocenters. The lowest BCUT2D eigenvalue weighted by molar-refractivity contribution is -0.111. The number of imide groups is 1. The second-order valence-electron chi connectivity index (χ2n) is 7.12. The van der Waals surface area contributed by atoms with Gasteiger partial charge in [0.15, 0.2) is 0 Å². The fourth-order valence-electron chi connectivity index (χ4n) is 3.04. The first-order valence-corrected chi connectivity index (χ1v) is 9.29. The molecule has 7 heteroatoms. The first kappa shape index (κ1) is 18.6. The van der Waals surface area contributed by atoms with Crippen LogP contribution in [-0.4, -0.2) is 41.6 Å². The lowest BCUT2D eigenvalue weighted by atomic mass is 10.1. The summed E-state index contributed by atoms with van der Waals surface area (Å²) in [5.41, 5.74) is 2.40. The van der Waals surface area contributed by atoms with Crippen LogP contribution in [0.4, 0.5) is 5.69 Å². The fourth-order valence-corrected chi connectivity index (χ4v) is 3.04. The second-order valence-corrected chi connectivity index (χ2v) is 7.12. The molecule has 1 aliphatic heterocycles. The first-order valence-electron chi connectivity index (χ1n) is 9.29. The molecule has 0 saturated heterocycles. The van der Waals surface area contributed by atoms with Crippen molar-refractivity contribution in [1.82, 2.24) is 10.2 Å². The molecule has 7 nitrogen and oxygen atoms in total. The minimum atomic E-state index is -0.387. The average Bonchev–Trinajstić information content (AvgIpc) is 3.51. The second kappa shape index (κ2) is 7.35. The summed E-state index contributed by atoms with van der Waals surface area (Å²) in [5.74, 6) is -1.19. The van der Waals surface area contributed by atoms with Gasteiger partial charge in [0.1, 0.15) is 0 Å². The highest BCUT2D eigenvalue weighted by atomic mass is 16.2. The third kappa shape index (κ3) is 3.94.